The SMILES string of the molecule is O=C(NCCCOCc1ccccc1)C1CCCN(C(=O)c2cccc3ccccc23)C1. The average Bonchev–Trinajstić information content (AvgIpc) is 2.86. The number of nitrogens with one attached hydrogen (secondary N) is 1. The number of hydrogen-bond acceptors (Lipinski definition) is 3. The van der Waals surface area contributed by atoms with Crippen molar-refractivity contribution in [3.63, 3.8) is 0 Å². The van der Waals surface area contributed by atoms with Crippen LogP contribution in [0.1, 0.15) is 35.2 Å². The lowest BCUT2D eigenvalue weighted by Crippen LogP contribution is -2.45. The van der Waals surface area contributed by atoms with E-state index in [2.05, 4.69) is 5.32 Å². The van der Waals surface area contributed by atoms with Crippen LogP contribution in [0.2, 0.25) is 0 Å². The Morgan fingerprint density at radius 1 is 0.969 bits per heavy atom. The predicted molar refractivity (Wildman–Crippen MR) is 126 cm³/mol. The molecule has 1 aliphatic rings. The van der Waals surface area contributed by atoms with E-state index >= 15 is 0 Å². The lowest BCUT2D eigenvalue weighted by molar-refractivity contribution is -0.126. The van der Waals surface area contributed by atoms with Crippen molar-refractivity contribution in [3.8, 4) is 0 Å². The number of likely N-dealkylation sites (tertiary alicyclic amines) is 1. The van der Waals surface area contributed by atoms with Gasteiger partial charge in [-0.2, -0.15) is 0 Å². The normalized spacial score (nSPS) is 16.1. The highest BCUT2D eigenvalue weighted by Gasteiger charge is 2.29. The van der Waals surface area contributed by atoms with E-state index in [1.807, 2.05) is 77.7 Å². The van der Waals surface area contributed by atoms with E-state index < -0.39 is 0 Å². The Labute approximate surface area is 189 Å². The topological polar surface area (TPSA) is 58.6 Å². The second kappa shape index (κ2) is 10.9. The van der Waals surface area contributed by atoms with Gasteiger partial charge in [0.05, 0.1) is 12.5 Å². The van der Waals surface area contributed by atoms with Gasteiger partial charge in [-0.1, -0.05) is 66.7 Å². The van der Waals surface area contributed by atoms with E-state index in [1.165, 1.54) is 0 Å². The third kappa shape index (κ3) is 5.54. The van der Waals surface area contributed by atoms with Crippen molar-refractivity contribution < 1.29 is 14.3 Å². The molecule has 166 valence electrons. The molecule has 0 spiro atoms. The molecule has 0 bridgehead atoms. The van der Waals surface area contributed by atoms with Gasteiger partial charge in [0.25, 0.3) is 5.91 Å². The zero-order valence-corrected chi connectivity index (χ0v) is 18.3. The first-order chi connectivity index (χ1) is 15.7. The molecule has 1 unspecified atom stereocenters. The zero-order valence-electron chi connectivity index (χ0n) is 18.3. The fourth-order valence-corrected chi connectivity index (χ4v) is 4.25. The van der Waals surface area contributed by atoms with Crippen LogP contribution in [-0.2, 0) is 16.1 Å². The predicted octanol–water partition coefficient (Wildman–Crippen LogP) is 4.42. The Balaban J connectivity index is 1.24. The van der Waals surface area contributed by atoms with E-state index in [0.29, 0.717) is 38.4 Å². The number of rotatable bonds is 8. The Hall–Kier alpha value is -3.18. The van der Waals surface area contributed by atoms with Crippen molar-refractivity contribution in [2.75, 3.05) is 26.2 Å². The second-order valence-electron chi connectivity index (χ2n) is 8.30. The van der Waals surface area contributed by atoms with E-state index in [1.54, 1.807) is 0 Å². The summed E-state index contributed by atoms with van der Waals surface area (Å²) in [5.74, 6) is -0.120. The van der Waals surface area contributed by atoms with Crippen LogP contribution in [0, 0.1) is 5.92 Å². The summed E-state index contributed by atoms with van der Waals surface area (Å²) in [6, 6.07) is 23.8. The lowest BCUT2D eigenvalue weighted by Gasteiger charge is -2.32. The Bertz CT molecular complexity index is 1050. The molecule has 5 nitrogen and oxygen atoms in total. The van der Waals surface area contributed by atoms with E-state index in [0.717, 1.165) is 35.6 Å². The molecule has 1 atom stereocenters. The van der Waals surface area contributed by atoms with E-state index in [-0.39, 0.29) is 17.7 Å². The summed E-state index contributed by atoms with van der Waals surface area (Å²) in [5, 5.41) is 5.04. The van der Waals surface area contributed by atoms with Gasteiger partial charge in [0.15, 0.2) is 0 Å². The molecule has 5 heteroatoms. The van der Waals surface area contributed by atoms with Crippen LogP contribution < -0.4 is 5.32 Å². The first-order valence-electron chi connectivity index (χ1n) is 11.4. The van der Waals surface area contributed by atoms with Gasteiger partial charge in [0.1, 0.15) is 0 Å². The summed E-state index contributed by atoms with van der Waals surface area (Å²) in [6.45, 7) is 2.94. The van der Waals surface area contributed by atoms with Gasteiger partial charge in [-0.25, -0.2) is 0 Å². The summed E-state index contributed by atoms with van der Waals surface area (Å²) in [7, 11) is 0. The van der Waals surface area contributed by atoms with Gasteiger partial charge in [-0.15, -0.1) is 0 Å². The molecule has 0 saturated carbocycles. The second-order valence-corrected chi connectivity index (χ2v) is 8.30. The minimum absolute atomic E-state index is 0.00797. The Morgan fingerprint density at radius 3 is 2.62 bits per heavy atom. The number of fused-ring (bicyclic) bond motifs is 1. The maximum absolute atomic E-state index is 13.2. The molecule has 1 saturated heterocycles. The maximum atomic E-state index is 13.2. The first-order valence-corrected chi connectivity index (χ1v) is 11.4. The smallest absolute Gasteiger partial charge is 0.254 e. The van der Waals surface area contributed by atoms with Crippen LogP contribution in [0.5, 0.6) is 0 Å². The van der Waals surface area contributed by atoms with Crippen molar-refractivity contribution in [1.82, 2.24) is 10.2 Å². The van der Waals surface area contributed by atoms with Crippen LogP contribution in [0.3, 0.4) is 0 Å². The summed E-state index contributed by atoms with van der Waals surface area (Å²) in [6.07, 6.45) is 2.42. The highest BCUT2D eigenvalue weighted by molar-refractivity contribution is 6.07. The number of hydrogen-bond donors (Lipinski definition) is 1. The fraction of sp³-hybridized carbons (Fsp3) is 0.333. The molecule has 2 amide bonds. The quantitative estimate of drug-likeness (QED) is 0.539. The molecule has 1 heterocycles. The zero-order chi connectivity index (χ0) is 22.2. The largest absolute Gasteiger partial charge is 0.377 e. The molecule has 0 aromatic heterocycles. The van der Waals surface area contributed by atoms with Gasteiger partial charge in [0.2, 0.25) is 5.91 Å². The third-order valence-corrected chi connectivity index (χ3v) is 5.98. The van der Waals surface area contributed by atoms with E-state index in [9.17, 15) is 9.59 Å². The molecular formula is C27H30N2O3. The lowest BCUT2D eigenvalue weighted by atomic mass is 9.95. The number of nitrogens with zero attached hydrogens (tertiary/aromatic N) is 1. The van der Waals surface area contributed by atoms with Crippen LogP contribution in [0.4, 0.5) is 0 Å². The molecule has 0 radical (unpaired) electrons. The van der Waals surface area contributed by atoms with Crippen LogP contribution in [-0.4, -0.2) is 43.0 Å². The standard InChI is InChI=1S/C27H30N2O3/c30-26(28-16-8-18-32-20-21-9-2-1-3-10-21)23-13-7-17-29(19-23)27(31)25-15-6-12-22-11-4-5-14-24(22)25/h1-6,9-12,14-15,23H,7-8,13,16-20H2,(H,28,30). The van der Waals surface area contributed by atoms with Crippen molar-refractivity contribution in [2.45, 2.75) is 25.9 Å². The number of benzene rings is 3. The van der Waals surface area contributed by atoms with Crippen molar-refractivity contribution in [3.05, 3.63) is 83.9 Å². The van der Waals surface area contributed by atoms with Gasteiger partial charge in [-0.3, -0.25) is 9.59 Å². The average molecular weight is 431 g/mol. The van der Waals surface area contributed by atoms with Crippen molar-refractivity contribution in [1.29, 1.82) is 0 Å². The molecule has 32 heavy (non-hydrogen) atoms. The molecule has 3 aromatic carbocycles. The summed E-state index contributed by atoms with van der Waals surface area (Å²) >= 11 is 0. The molecular weight excluding hydrogens is 400 g/mol. The van der Waals surface area contributed by atoms with Gasteiger partial charge < -0.3 is 15.0 Å². The number of ether oxygens (including phenoxy) is 1. The monoisotopic (exact) mass is 430 g/mol. The summed E-state index contributed by atoms with van der Waals surface area (Å²) < 4.78 is 5.68. The number of piperidine rings is 1. The molecule has 3 aromatic rings. The van der Waals surface area contributed by atoms with Gasteiger partial charge in [-0.05, 0) is 41.7 Å². The number of carbonyl (C=O) groups excluding carboxylic acids is 2. The summed E-state index contributed by atoms with van der Waals surface area (Å²) in [4.78, 5) is 27.7. The fourth-order valence-electron chi connectivity index (χ4n) is 4.25. The summed E-state index contributed by atoms with van der Waals surface area (Å²) in [5.41, 5.74) is 1.86. The first kappa shape index (κ1) is 22.0. The minimum atomic E-state index is -0.159. The molecule has 1 N–H and O–H groups in total. The van der Waals surface area contributed by atoms with Crippen LogP contribution >= 0.6 is 0 Å². The van der Waals surface area contributed by atoms with Crippen molar-refractivity contribution in [2.24, 2.45) is 5.92 Å². The highest BCUT2D eigenvalue weighted by atomic mass is 16.5. The highest BCUT2D eigenvalue weighted by Crippen LogP contribution is 2.23. The molecule has 1 aliphatic heterocycles. The Morgan fingerprint density at radius 2 is 1.75 bits per heavy atom. The van der Waals surface area contributed by atoms with Crippen LogP contribution in [0.15, 0.2) is 72.8 Å². The third-order valence-electron chi connectivity index (χ3n) is 5.98. The van der Waals surface area contributed by atoms with Crippen molar-refractivity contribution >= 4 is 22.6 Å². The van der Waals surface area contributed by atoms with Gasteiger partial charge >= 0.3 is 0 Å². The van der Waals surface area contributed by atoms with Crippen LogP contribution in [0.25, 0.3) is 10.8 Å². The minimum Gasteiger partial charge on any atom is -0.377 e. The number of carbonyl (C=O) groups is 2. The van der Waals surface area contributed by atoms with Gasteiger partial charge in [0, 0.05) is 31.8 Å². The van der Waals surface area contributed by atoms with E-state index in [4.69, 9.17) is 4.74 Å². The molecule has 1 fully saturated rings. The maximum Gasteiger partial charge on any atom is 0.254 e. The number of amides is 2. The molecule has 4 rings (SSSR count). The molecule has 0 aliphatic carbocycles. The Kier molecular flexibility index (Phi) is 7.51.